The minimum absolute atomic E-state index is 0.211. The van der Waals surface area contributed by atoms with Crippen molar-refractivity contribution in [3.05, 3.63) is 94.8 Å². The normalized spacial score (nSPS) is 10.6. The van der Waals surface area contributed by atoms with Gasteiger partial charge in [-0.1, -0.05) is 61.9 Å². The summed E-state index contributed by atoms with van der Waals surface area (Å²) in [6.07, 6.45) is 1.48. The number of anilines is 1. The summed E-state index contributed by atoms with van der Waals surface area (Å²) < 4.78 is 0. The summed E-state index contributed by atoms with van der Waals surface area (Å²) in [6.45, 7) is 6.56. The van der Waals surface area contributed by atoms with E-state index >= 15 is 0 Å². The first-order valence-corrected chi connectivity index (χ1v) is 9.64. The zero-order chi connectivity index (χ0) is 20.8. The van der Waals surface area contributed by atoms with Gasteiger partial charge in [-0.3, -0.25) is 14.6 Å². The van der Waals surface area contributed by atoms with Crippen LogP contribution >= 0.6 is 0 Å². The molecule has 0 aliphatic heterocycles. The quantitative estimate of drug-likeness (QED) is 0.644. The highest BCUT2D eigenvalue weighted by atomic mass is 16.2. The number of nitrogens with one attached hydrogen (secondary N) is 2. The molecule has 1 aromatic heterocycles. The minimum atomic E-state index is -0.316. The maximum atomic E-state index is 12.7. The molecule has 2 aromatic carbocycles. The van der Waals surface area contributed by atoms with E-state index in [9.17, 15) is 9.59 Å². The summed E-state index contributed by atoms with van der Waals surface area (Å²) in [7, 11) is 0. The molecular formula is C24H25N3O2. The van der Waals surface area contributed by atoms with Gasteiger partial charge >= 0.3 is 0 Å². The van der Waals surface area contributed by atoms with Crippen LogP contribution < -0.4 is 10.6 Å². The summed E-state index contributed by atoms with van der Waals surface area (Å²) >= 11 is 0. The zero-order valence-electron chi connectivity index (χ0n) is 16.9. The fraction of sp³-hybridized carbons (Fsp3) is 0.208. The van der Waals surface area contributed by atoms with Crippen molar-refractivity contribution in [2.24, 2.45) is 0 Å². The number of carbonyl (C=O) groups excluding carboxylic acids is 2. The molecule has 0 atom stereocenters. The van der Waals surface area contributed by atoms with Crippen LogP contribution in [0.4, 0.5) is 5.69 Å². The topological polar surface area (TPSA) is 71.1 Å². The molecule has 3 aromatic rings. The smallest absolute Gasteiger partial charge is 0.270 e. The molecule has 0 unspecified atom stereocenters. The lowest BCUT2D eigenvalue weighted by molar-refractivity contribution is 0.0946. The number of aryl methyl sites for hydroxylation is 1. The molecule has 29 heavy (non-hydrogen) atoms. The Morgan fingerprint density at radius 2 is 1.76 bits per heavy atom. The number of hydrogen-bond acceptors (Lipinski definition) is 3. The van der Waals surface area contributed by atoms with E-state index in [1.807, 2.05) is 55.5 Å². The van der Waals surface area contributed by atoms with Gasteiger partial charge in [-0.25, -0.2) is 0 Å². The highest BCUT2D eigenvalue weighted by Crippen LogP contribution is 2.24. The number of amides is 2. The summed E-state index contributed by atoms with van der Waals surface area (Å²) in [5.41, 5.74) is 4.58. The number of carbonyl (C=O) groups is 2. The number of nitrogens with zero attached hydrogens (tertiary/aromatic N) is 1. The molecule has 0 bridgehead atoms. The molecule has 0 spiro atoms. The van der Waals surface area contributed by atoms with Gasteiger partial charge in [-0.15, -0.1) is 0 Å². The summed E-state index contributed by atoms with van der Waals surface area (Å²) in [5.74, 6) is -0.302. The fourth-order valence-corrected chi connectivity index (χ4v) is 3.10. The number of pyridine rings is 1. The molecule has 0 aliphatic rings. The molecule has 1 heterocycles. The number of benzene rings is 2. The molecule has 0 radical (unpaired) electrons. The Hall–Kier alpha value is -3.47. The van der Waals surface area contributed by atoms with E-state index in [1.54, 1.807) is 6.07 Å². The molecular weight excluding hydrogens is 362 g/mol. The van der Waals surface area contributed by atoms with E-state index in [2.05, 4.69) is 29.5 Å². The third kappa shape index (κ3) is 5.29. The molecule has 3 rings (SSSR count). The molecule has 2 amide bonds. The molecule has 5 heteroatoms. The van der Waals surface area contributed by atoms with Gasteiger partial charge in [-0.05, 0) is 42.2 Å². The Morgan fingerprint density at radius 1 is 0.966 bits per heavy atom. The van der Waals surface area contributed by atoms with E-state index in [0.29, 0.717) is 12.1 Å². The van der Waals surface area contributed by atoms with Crippen molar-refractivity contribution in [1.82, 2.24) is 10.3 Å². The lowest BCUT2D eigenvalue weighted by Crippen LogP contribution is -2.24. The highest BCUT2D eigenvalue weighted by Gasteiger charge is 2.14. The minimum Gasteiger partial charge on any atom is -0.347 e. The Balaban J connectivity index is 1.70. The molecule has 0 saturated carbocycles. The van der Waals surface area contributed by atoms with Crippen LogP contribution in [-0.2, 0) is 6.54 Å². The fourth-order valence-electron chi connectivity index (χ4n) is 3.10. The number of para-hydroxylation sites is 1. The predicted molar refractivity (Wildman–Crippen MR) is 115 cm³/mol. The van der Waals surface area contributed by atoms with Crippen LogP contribution in [0.15, 0.2) is 66.9 Å². The standard InChI is InChI=1S/C24H25N3O2/c1-16(2)20-9-4-5-10-21(20)27-23(28)19-11-12-25-22(14-19)24(29)26-15-18-8-6-7-17(3)13-18/h4-14,16H,15H2,1-3H3,(H,26,29)(H,27,28). The van der Waals surface area contributed by atoms with Crippen LogP contribution in [0, 0.1) is 6.92 Å². The second-order valence-corrected chi connectivity index (χ2v) is 7.30. The molecule has 5 nitrogen and oxygen atoms in total. The first-order chi connectivity index (χ1) is 13.9. The average molecular weight is 387 g/mol. The first kappa shape index (κ1) is 20.3. The van der Waals surface area contributed by atoms with Crippen molar-refractivity contribution in [2.45, 2.75) is 33.2 Å². The maximum absolute atomic E-state index is 12.7. The van der Waals surface area contributed by atoms with Gasteiger partial charge in [0.15, 0.2) is 0 Å². The van der Waals surface area contributed by atoms with E-state index in [0.717, 1.165) is 22.4 Å². The van der Waals surface area contributed by atoms with Crippen molar-refractivity contribution < 1.29 is 9.59 Å². The molecule has 2 N–H and O–H groups in total. The van der Waals surface area contributed by atoms with E-state index in [1.165, 1.54) is 12.3 Å². The predicted octanol–water partition coefficient (Wildman–Crippen LogP) is 4.70. The van der Waals surface area contributed by atoms with Gasteiger partial charge in [0.2, 0.25) is 0 Å². The van der Waals surface area contributed by atoms with Crippen LogP contribution in [0.25, 0.3) is 0 Å². The first-order valence-electron chi connectivity index (χ1n) is 9.64. The Morgan fingerprint density at radius 3 is 2.52 bits per heavy atom. The van der Waals surface area contributed by atoms with Crippen LogP contribution in [-0.4, -0.2) is 16.8 Å². The maximum Gasteiger partial charge on any atom is 0.270 e. The molecule has 148 valence electrons. The largest absolute Gasteiger partial charge is 0.347 e. The van der Waals surface area contributed by atoms with Crippen molar-refractivity contribution in [2.75, 3.05) is 5.32 Å². The molecule has 0 fully saturated rings. The Labute approximate surface area is 171 Å². The molecule has 0 saturated heterocycles. The zero-order valence-corrected chi connectivity index (χ0v) is 16.9. The number of rotatable bonds is 6. The van der Waals surface area contributed by atoms with Crippen LogP contribution in [0.5, 0.6) is 0 Å². The summed E-state index contributed by atoms with van der Waals surface area (Å²) in [5, 5.41) is 5.79. The van der Waals surface area contributed by atoms with Gasteiger partial charge in [0.25, 0.3) is 11.8 Å². The van der Waals surface area contributed by atoms with E-state index < -0.39 is 0 Å². The van der Waals surface area contributed by atoms with Crippen LogP contribution in [0.3, 0.4) is 0 Å². The van der Waals surface area contributed by atoms with E-state index in [-0.39, 0.29) is 23.4 Å². The lowest BCUT2D eigenvalue weighted by Gasteiger charge is -2.14. The third-order valence-electron chi connectivity index (χ3n) is 4.62. The van der Waals surface area contributed by atoms with Crippen molar-refractivity contribution in [3.63, 3.8) is 0 Å². The second-order valence-electron chi connectivity index (χ2n) is 7.30. The van der Waals surface area contributed by atoms with Crippen molar-refractivity contribution in [1.29, 1.82) is 0 Å². The average Bonchev–Trinajstić information content (AvgIpc) is 2.72. The molecule has 0 aliphatic carbocycles. The van der Waals surface area contributed by atoms with Crippen molar-refractivity contribution in [3.8, 4) is 0 Å². The third-order valence-corrected chi connectivity index (χ3v) is 4.62. The monoisotopic (exact) mass is 387 g/mol. The SMILES string of the molecule is Cc1cccc(CNC(=O)c2cc(C(=O)Nc3ccccc3C(C)C)ccn2)c1. The van der Waals surface area contributed by atoms with Gasteiger partial charge in [0.1, 0.15) is 5.69 Å². The van der Waals surface area contributed by atoms with Gasteiger partial charge in [0.05, 0.1) is 0 Å². The summed E-state index contributed by atoms with van der Waals surface area (Å²) in [6, 6.07) is 18.8. The van der Waals surface area contributed by atoms with Gasteiger partial charge < -0.3 is 10.6 Å². The van der Waals surface area contributed by atoms with Gasteiger partial charge in [0, 0.05) is 24.0 Å². The van der Waals surface area contributed by atoms with Crippen LogP contribution in [0.2, 0.25) is 0 Å². The highest BCUT2D eigenvalue weighted by molar-refractivity contribution is 6.06. The van der Waals surface area contributed by atoms with Crippen LogP contribution in [0.1, 0.15) is 57.3 Å². The Kier molecular flexibility index (Phi) is 6.39. The number of aromatic nitrogens is 1. The van der Waals surface area contributed by atoms with Crippen molar-refractivity contribution >= 4 is 17.5 Å². The summed E-state index contributed by atoms with van der Waals surface area (Å²) in [4.78, 5) is 29.3. The van der Waals surface area contributed by atoms with E-state index in [4.69, 9.17) is 0 Å². The second kappa shape index (κ2) is 9.15. The lowest BCUT2D eigenvalue weighted by atomic mass is 10.0. The Bertz CT molecular complexity index is 1030. The van der Waals surface area contributed by atoms with Gasteiger partial charge in [-0.2, -0.15) is 0 Å². The number of hydrogen-bond donors (Lipinski definition) is 2.